The summed E-state index contributed by atoms with van der Waals surface area (Å²) in [5.74, 6) is 0.832. The van der Waals surface area contributed by atoms with Gasteiger partial charge in [0, 0.05) is 12.6 Å². The van der Waals surface area contributed by atoms with Gasteiger partial charge >= 0.3 is 5.97 Å². The van der Waals surface area contributed by atoms with Gasteiger partial charge in [0.25, 0.3) is 5.91 Å². The fraction of sp³-hybridized carbons (Fsp3) is 0.381. The van der Waals surface area contributed by atoms with E-state index < -0.39 is 12.1 Å². The molecule has 0 unspecified atom stereocenters. The van der Waals surface area contributed by atoms with Crippen molar-refractivity contribution in [3.63, 3.8) is 0 Å². The van der Waals surface area contributed by atoms with Crippen LogP contribution in [0.3, 0.4) is 0 Å². The number of benzene rings is 1. The van der Waals surface area contributed by atoms with Crippen LogP contribution in [0.1, 0.15) is 36.4 Å². The zero-order valence-corrected chi connectivity index (χ0v) is 17.3. The Labute approximate surface area is 169 Å². The number of ether oxygens (including phenoxy) is 3. The second kappa shape index (κ2) is 10.3. The van der Waals surface area contributed by atoms with E-state index in [2.05, 4.69) is 10.5 Å². The van der Waals surface area contributed by atoms with Crippen LogP contribution in [-0.4, -0.2) is 36.8 Å². The Balaban J connectivity index is 2.01. The molecule has 8 heteroatoms. The first kappa shape index (κ1) is 22.0. The summed E-state index contributed by atoms with van der Waals surface area (Å²) < 4.78 is 21.4. The van der Waals surface area contributed by atoms with Gasteiger partial charge in [-0.1, -0.05) is 11.2 Å². The Bertz CT molecular complexity index is 868. The van der Waals surface area contributed by atoms with Gasteiger partial charge in [-0.15, -0.1) is 0 Å². The quantitative estimate of drug-likeness (QED) is 0.508. The minimum atomic E-state index is -0.860. The highest BCUT2D eigenvalue weighted by atomic mass is 16.5. The van der Waals surface area contributed by atoms with E-state index in [1.54, 1.807) is 31.2 Å². The summed E-state index contributed by atoms with van der Waals surface area (Å²) in [5.41, 5.74) is 2.38. The molecule has 1 aromatic carbocycles. The van der Waals surface area contributed by atoms with E-state index >= 15 is 0 Å². The van der Waals surface area contributed by atoms with Crippen LogP contribution in [-0.2, 0) is 20.9 Å². The lowest BCUT2D eigenvalue weighted by molar-refractivity contribution is -0.150. The molecular formula is C21H26N2O6. The van der Waals surface area contributed by atoms with Crippen LogP contribution in [0, 0.1) is 13.8 Å². The molecule has 0 saturated heterocycles. The van der Waals surface area contributed by atoms with Gasteiger partial charge in [0.15, 0.2) is 17.6 Å². The van der Waals surface area contributed by atoms with Crippen LogP contribution in [0.5, 0.6) is 11.5 Å². The number of carbonyl (C=O) groups excluding carboxylic acids is 2. The van der Waals surface area contributed by atoms with Gasteiger partial charge in [-0.25, -0.2) is 4.79 Å². The molecule has 0 aliphatic heterocycles. The minimum absolute atomic E-state index is 0.302. The smallest absolute Gasteiger partial charge is 0.331 e. The molecule has 0 radical (unpaired) electrons. The van der Waals surface area contributed by atoms with E-state index in [1.165, 1.54) is 20.1 Å². The van der Waals surface area contributed by atoms with Crippen LogP contribution in [0.25, 0.3) is 6.08 Å². The first-order chi connectivity index (χ1) is 13.8. The summed E-state index contributed by atoms with van der Waals surface area (Å²) >= 11 is 0. The topological polar surface area (TPSA) is 99.9 Å². The molecule has 156 valence electrons. The Morgan fingerprint density at radius 2 is 2.03 bits per heavy atom. The van der Waals surface area contributed by atoms with E-state index in [9.17, 15) is 9.59 Å². The third kappa shape index (κ3) is 6.10. The largest absolute Gasteiger partial charge is 0.493 e. The van der Waals surface area contributed by atoms with E-state index in [0.29, 0.717) is 36.0 Å². The van der Waals surface area contributed by atoms with Gasteiger partial charge in [-0.05, 0) is 51.5 Å². The van der Waals surface area contributed by atoms with Crippen molar-refractivity contribution in [3.05, 3.63) is 46.9 Å². The predicted molar refractivity (Wildman–Crippen MR) is 107 cm³/mol. The third-order valence-electron chi connectivity index (χ3n) is 4.17. The first-order valence-corrected chi connectivity index (χ1v) is 9.24. The van der Waals surface area contributed by atoms with Crippen molar-refractivity contribution in [3.8, 4) is 11.5 Å². The average Bonchev–Trinajstić information content (AvgIpc) is 3.02. The molecule has 8 nitrogen and oxygen atoms in total. The first-order valence-electron chi connectivity index (χ1n) is 9.24. The van der Waals surface area contributed by atoms with Crippen molar-refractivity contribution in [2.24, 2.45) is 0 Å². The van der Waals surface area contributed by atoms with E-state index in [0.717, 1.165) is 11.3 Å². The highest BCUT2D eigenvalue weighted by molar-refractivity contribution is 5.90. The molecule has 0 bridgehead atoms. The van der Waals surface area contributed by atoms with Crippen molar-refractivity contribution < 1.29 is 28.3 Å². The fourth-order valence-electron chi connectivity index (χ4n) is 2.51. The second-order valence-electron chi connectivity index (χ2n) is 6.31. The van der Waals surface area contributed by atoms with Crippen LogP contribution in [0.4, 0.5) is 0 Å². The maximum absolute atomic E-state index is 11.9. The lowest BCUT2D eigenvalue weighted by Crippen LogP contribution is -2.35. The zero-order valence-electron chi connectivity index (χ0n) is 17.3. The summed E-state index contributed by atoms with van der Waals surface area (Å²) in [6.45, 7) is 7.77. The number of likely N-dealkylation sites (N-methyl/N-ethyl adjacent to an activating group) is 1. The molecule has 0 fully saturated rings. The maximum atomic E-state index is 11.9. The van der Waals surface area contributed by atoms with Gasteiger partial charge in [0.2, 0.25) is 0 Å². The van der Waals surface area contributed by atoms with Crippen LogP contribution in [0.2, 0.25) is 0 Å². The molecule has 1 atom stereocenters. The van der Waals surface area contributed by atoms with Crippen LogP contribution in [0.15, 0.2) is 28.8 Å². The third-order valence-corrected chi connectivity index (χ3v) is 4.17. The van der Waals surface area contributed by atoms with E-state index in [-0.39, 0.29) is 5.91 Å². The Morgan fingerprint density at radius 3 is 2.66 bits per heavy atom. The highest BCUT2D eigenvalue weighted by Crippen LogP contribution is 2.30. The number of nitrogens with one attached hydrogen (secondary N) is 1. The Morgan fingerprint density at radius 1 is 1.28 bits per heavy atom. The Kier molecular flexibility index (Phi) is 7.82. The molecule has 29 heavy (non-hydrogen) atoms. The van der Waals surface area contributed by atoms with Crippen molar-refractivity contribution in [1.82, 2.24) is 10.5 Å². The molecule has 1 amide bonds. The van der Waals surface area contributed by atoms with E-state index in [1.807, 2.05) is 13.8 Å². The number of amides is 1. The molecule has 1 heterocycles. The lowest BCUT2D eigenvalue weighted by Gasteiger charge is -2.12. The zero-order chi connectivity index (χ0) is 21.4. The second-order valence-corrected chi connectivity index (χ2v) is 6.31. The molecular weight excluding hydrogens is 376 g/mol. The number of esters is 1. The summed E-state index contributed by atoms with van der Waals surface area (Å²) in [7, 11) is 1.54. The Hall–Kier alpha value is -3.29. The average molecular weight is 402 g/mol. The minimum Gasteiger partial charge on any atom is -0.493 e. The molecule has 2 aromatic rings. The summed E-state index contributed by atoms with van der Waals surface area (Å²) in [6.07, 6.45) is 1.98. The van der Waals surface area contributed by atoms with Gasteiger partial charge < -0.3 is 24.1 Å². The number of aromatic nitrogens is 1. The SMILES string of the molecule is CCNC(=O)[C@H](C)OC(=O)/C=C/c1ccc(OCc2c(C)noc2C)c(OC)c1. The summed E-state index contributed by atoms with van der Waals surface area (Å²) in [5, 5.41) is 6.50. The normalized spacial score (nSPS) is 11.9. The van der Waals surface area contributed by atoms with Gasteiger partial charge in [-0.3, -0.25) is 4.79 Å². The van der Waals surface area contributed by atoms with Crippen LogP contribution < -0.4 is 14.8 Å². The maximum Gasteiger partial charge on any atom is 0.331 e. The number of methoxy groups -OCH3 is 1. The standard InChI is InChI=1S/C21H26N2O6/c1-6-22-21(25)15(4)28-20(24)10-8-16-7-9-18(19(11-16)26-5)27-12-17-13(2)23-29-14(17)3/h7-11,15H,6,12H2,1-5H3,(H,22,25)/b10-8+/t15-/m0/s1. The van der Waals surface area contributed by atoms with Gasteiger partial charge in [0.1, 0.15) is 12.4 Å². The number of rotatable bonds is 9. The summed E-state index contributed by atoms with van der Waals surface area (Å²) in [4.78, 5) is 23.5. The van der Waals surface area contributed by atoms with E-state index in [4.69, 9.17) is 18.7 Å². The predicted octanol–water partition coefficient (Wildman–Crippen LogP) is 2.96. The molecule has 0 aliphatic rings. The van der Waals surface area contributed by atoms with Crippen LogP contribution >= 0.6 is 0 Å². The molecule has 0 aliphatic carbocycles. The van der Waals surface area contributed by atoms with Crippen molar-refractivity contribution >= 4 is 18.0 Å². The number of carbonyl (C=O) groups is 2. The molecule has 2 rings (SSSR count). The van der Waals surface area contributed by atoms with Crippen molar-refractivity contribution in [1.29, 1.82) is 0 Å². The van der Waals surface area contributed by atoms with Crippen molar-refractivity contribution in [2.45, 2.75) is 40.4 Å². The molecule has 0 saturated carbocycles. The van der Waals surface area contributed by atoms with Crippen molar-refractivity contribution in [2.75, 3.05) is 13.7 Å². The lowest BCUT2D eigenvalue weighted by atomic mass is 10.2. The number of hydrogen-bond donors (Lipinski definition) is 1. The molecule has 0 spiro atoms. The van der Waals surface area contributed by atoms with Gasteiger partial charge in [0.05, 0.1) is 18.4 Å². The monoisotopic (exact) mass is 402 g/mol. The molecule has 1 N–H and O–H groups in total. The fourth-order valence-corrected chi connectivity index (χ4v) is 2.51. The number of hydrogen-bond acceptors (Lipinski definition) is 7. The number of aryl methyl sites for hydroxylation is 2. The summed E-state index contributed by atoms with van der Waals surface area (Å²) in [6, 6.07) is 5.27. The van der Waals surface area contributed by atoms with Gasteiger partial charge in [-0.2, -0.15) is 0 Å². The highest BCUT2D eigenvalue weighted by Gasteiger charge is 2.15. The number of nitrogens with zero attached hydrogens (tertiary/aromatic N) is 1. The molecule has 1 aromatic heterocycles.